The second kappa shape index (κ2) is 7.81. The Morgan fingerprint density at radius 2 is 1.30 bits per heavy atom. The first-order valence-electron chi connectivity index (χ1n) is 9.46. The summed E-state index contributed by atoms with van der Waals surface area (Å²) in [5.74, 6) is -12.1. The van der Waals surface area contributed by atoms with Crippen molar-refractivity contribution < 1.29 is 35.5 Å². The Bertz CT molecular complexity index is 1180. The maximum atomic E-state index is 14.1. The van der Waals surface area contributed by atoms with Gasteiger partial charge in [-0.05, 0) is 23.3 Å². The molecule has 0 bridgehead atoms. The van der Waals surface area contributed by atoms with Crippen molar-refractivity contribution in [1.82, 2.24) is 0 Å². The lowest BCUT2D eigenvalue weighted by atomic mass is 9.93. The molecule has 0 amide bonds. The minimum Gasteiger partial charge on any atom is -0.451 e. The normalized spacial score (nSPS) is 21.7. The number of alkyl halides is 5. The molecule has 2 atom stereocenters. The maximum absolute atomic E-state index is 14.1. The van der Waals surface area contributed by atoms with Crippen molar-refractivity contribution in [1.29, 1.82) is 0 Å². The summed E-state index contributed by atoms with van der Waals surface area (Å²) in [6.45, 7) is 1.87. The molecule has 0 radical (unpaired) electrons. The molecule has 1 aliphatic carbocycles. The molecule has 3 aromatic carbocycles. The molecule has 0 heterocycles. The zero-order chi connectivity index (χ0) is 24.3. The van der Waals surface area contributed by atoms with Crippen LogP contribution in [0.3, 0.4) is 0 Å². The molecule has 2 unspecified atom stereocenters. The number of benzene rings is 3. The van der Waals surface area contributed by atoms with Gasteiger partial charge in [0, 0.05) is 11.3 Å². The fourth-order valence-electron chi connectivity index (χ4n) is 4.01. The molecule has 0 aromatic heterocycles. The highest BCUT2D eigenvalue weighted by atomic mass is 35.5. The van der Waals surface area contributed by atoms with Crippen LogP contribution in [-0.2, 0) is 11.6 Å². The summed E-state index contributed by atoms with van der Waals surface area (Å²) in [4.78, 5) is 0. The van der Waals surface area contributed by atoms with Crippen molar-refractivity contribution in [3.8, 4) is 11.5 Å². The van der Waals surface area contributed by atoms with E-state index in [9.17, 15) is 30.7 Å². The van der Waals surface area contributed by atoms with Crippen molar-refractivity contribution in [3.05, 3.63) is 94.6 Å². The molecular formula is C23H13Cl2F7O. The van der Waals surface area contributed by atoms with Gasteiger partial charge >= 0.3 is 6.18 Å². The summed E-state index contributed by atoms with van der Waals surface area (Å²) in [5, 5.41) is 0. The van der Waals surface area contributed by atoms with E-state index >= 15 is 0 Å². The van der Waals surface area contributed by atoms with Crippen LogP contribution in [0.4, 0.5) is 30.7 Å². The Morgan fingerprint density at radius 3 is 1.79 bits per heavy atom. The van der Waals surface area contributed by atoms with E-state index in [4.69, 9.17) is 27.9 Å². The molecule has 1 aliphatic rings. The largest absolute Gasteiger partial charge is 0.451 e. The first-order chi connectivity index (χ1) is 15.3. The second-order valence-electron chi connectivity index (χ2n) is 7.75. The maximum Gasteiger partial charge on any atom is 0.422 e. The molecule has 0 aliphatic heterocycles. The van der Waals surface area contributed by atoms with E-state index in [0.717, 1.165) is 5.56 Å². The summed E-state index contributed by atoms with van der Waals surface area (Å²) < 4.78 is 97.6. The van der Waals surface area contributed by atoms with Gasteiger partial charge in [0.1, 0.15) is 15.6 Å². The number of rotatable bonds is 4. The molecule has 1 saturated carbocycles. The van der Waals surface area contributed by atoms with Crippen LogP contribution in [0.2, 0.25) is 0 Å². The van der Waals surface area contributed by atoms with Crippen LogP contribution in [0.5, 0.6) is 11.5 Å². The highest BCUT2D eigenvalue weighted by Crippen LogP contribution is 2.74. The van der Waals surface area contributed by atoms with Crippen molar-refractivity contribution >= 4 is 23.2 Å². The molecule has 4 rings (SSSR count). The minimum absolute atomic E-state index is 0.271. The fraction of sp³-hybridized carbons (Fsp3) is 0.217. The third kappa shape index (κ3) is 3.64. The first kappa shape index (κ1) is 23.7. The number of hydrogen-bond donors (Lipinski definition) is 0. The minimum atomic E-state index is -5.64. The highest BCUT2D eigenvalue weighted by Gasteiger charge is 2.74. The van der Waals surface area contributed by atoms with E-state index in [2.05, 4.69) is 0 Å². The lowest BCUT2D eigenvalue weighted by Crippen LogP contribution is -2.15. The van der Waals surface area contributed by atoms with E-state index in [-0.39, 0.29) is 11.7 Å². The summed E-state index contributed by atoms with van der Waals surface area (Å²) in [6, 6.07) is 14.7. The van der Waals surface area contributed by atoms with Gasteiger partial charge in [0.05, 0.1) is 0 Å². The molecule has 0 N–H and O–H groups in total. The lowest BCUT2D eigenvalue weighted by Gasteiger charge is -2.15. The third-order valence-corrected chi connectivity index (χ3v) is 7.08. The SMILES string of the molecule is CC1(c2ccccc2)C(c2ccc(Oc3c(F)c(F)c(C(F)(F)F)c(F)c3F)cc2)C1(Cl)Cl. The van der Waals surface area contributed by atoms with Crippen LogP contribution in [0.15, 0.2) is 54.6 Å². The van der Waals surface area contributed by atoms with Crippen molar-refractivity contribution in [2.45, 2.75) is 28.8 Å². The van der Waals surface area contributed by atoms with E-state index in [1.54, 1.807) is 0 Å². The lowest BCUT2D eigenvalue weighted by molar-refractivity contribution is -0.143. The second-order valence-corrected chi connectivity index (χ2v) is 9.14. The predicted molar refractivity (Wildman–Crippen MR) is 109 cm³/mol. The predicted octanol–water partition coefficient (Wildman–Crippen LogP) is 8.28. The monoisotopic (exact) mass is 508 g/mol. The molecule has 0 spiro atoms. The smallest absolute Gasteiger partial charge is 0.422 e. The Hall–Kier alpha value is -2.45. The standard InChI is InChI=1S/C23H13Cl2F7O/c1-21(12-5-3-2-4-6-12)20(22(21,24)25)11-7-9-13(10-8-11)33-19-17(28)15(26)14(23(30,31)32)16(27)18(19)29/h2-10,20H,1H3. The zero-order valence-electron chi connectivity index (χ0n) is 16.6. The molecule has 0 saturated heterocycles. The number of halogens is 9. The number of ether oxygens (including phenoxy) is 1. The van der Waals surface area contributed by atoms with Gasteiger partial charge in [-0.1, -0.05) is 72.6 Å². The molecule has 10 heteroatoms. The average Bonchev–Trinajstić information content (AvgIpc) is 3.23. The summed E-state index contributed by atoms with van der Waals surface area (Å²) >= 11 is 13.1. The van der Waals surface area contributed by atoms with Crippen LogP contribution in [0.25, 0.3) is 0 Å². The highest BCUT2D eigenvalue weighted by molar-refractivity contribution is 6.53. The van der Waals surface area contributed by atoms with Crippen LogP contribution in [-0.4, -0.2) is 4.33 Å². The first-order valence-corrected chi connectivity index (χ1v) is 10.2. The number of hydrogen-bond acceptors (Lipinski definition) is 1. The molecule has 33 heavy (non-hydrogen) atoms. The van der Waals surface area contributed by atoms with Crippen molar-refractivity contribution in [2.24, 2.45) is 0 Å². The van der Waals surface area contributed by atoms with Gasteiger partial charge in [-0.25, -0.2) is 8.78 Å². The topological polar surface area (TPSA) is 9.23 Å². The zero-order valence-corrected chi connectivity index (χ0v) is 18.1. The Labute approximate surface area is 193 Å². The van der Waals surface area contributed by atoms with Gasteiger partial charge in [-0.3, -0.25) is 0 Å². The van der Waals surface area contributed by atoms with Gasteiger partial charge in [-0.2, -0.15) is 22.0 Å². The fourth-order valence-corrected chi connectivity index (χ4v) is 5.03. The van der Waals surface area contributed by atoms with E-state index in [1.165, 1.54) is 24.3 Å². The van der Waals surface area contributed by atoms with Crippen LogP contribution in [0.1, 0.15) is 29.5 Å². The molecule has 1 nitrogen and oxygen atoms in total. The van der Waals surface area contributed by atoms with Gasteiger partial charge in [0.25, 0.3) is 0 Å². The molecular weight excluding hydrogens is 496 g/mol. The van der Waals surface area contributed by atoms with E-state index in [1.807, 2.05) is 37.3 Å². The van der Waals surface area contributed by atoms with Crippen molar-refractivity contribution in [3.63, 3.8) is 0 Å². The van der Waals surface area contributed by atoms with Gasteiger partial charge in [0.15, 0.2) is 11.6 Å². The average molecular weight is 509 g/mol. The molecule has 3 aromatic rings. The summed E-state index contributed by atoms with van der Waals surface area (Å²) in [6.07, 6.45) is -5.64. The summed E-state index contributed by atoms with van der Waals surface area (Å²) in [5.41, 5.74) is -1.78. The van der Waals surface area contributed by atoms with Gasteiger partial charge < -0.3 is 4.74 Å². The molecule has 174 valence electrons. The van der Waals surface area contributed by atoms with E-state index in [0.29, 0.717) is 5.56 Å². The Morgan fingerprint density at radius 1 is 0.788 bits per heavy atom. The van der Waals surface area contributed by atoms with Gasteiger partial charge in [-0.15, -0.1) is 0 Å². The van der Waals surface area contributed by atoms with Crippen LogP contribution in [0, 0.1) is 23.3 Å². The van der Waals surface area contributed by atoms with Crippen LogP contribution >= 0.6 is 23.2 Å². The van der Waals surface area contributed by atoms with Crippen LogP contribution < -0.4 is 4.74 Å². The van der Waals surface area contributed by atoms with E-state index < -0.39 is 50.5 Å². The Balaban J connectivity index is 1.64. The molecule has 1 fully saturated rings. The summed E-state index contributed by atoms with van der Waals surface area (Å²) in [7, 11) is 0. The quantitative estimate of drug-likeness (QED) is 0.195. The third-order valence-electron chi connectivity index (χ3n) is 5.86. The van der Waals surface area contributed by atoms with Gasteiger partial charge in [0.2, 0.25) is 17.4 Å². The van der Waals surface area contributed by atoms with Crippen molar-refractivity contribution in [2.75, 3.05) is 0 Å². The Kier molecular flexibility index (Phi) is 5.61.